The second kappa shape index (κ2) is 7.78. The molecule has 4 rings (SSSR count). The molecular formula is C20H22F4N4O. The van der Waals surface area contributed by atoms with E-state index in [1.165, 1.54) is 16.8 Å². The van der Waals surface area contributed by atoms with Gasteiger partial charge in [-0.25, -0.2) is 4.39 Å². The maximum atomic E-state index is 13.0. The van der Waals surface area contributed by atoms with Gasteiger partial charge in [0.25, 0.3) is 0 Å². The molecule has 9 heteroatoms. The van der Waals surface area contributed by atoms with E-state index in [4.69, 9.17) is 0 Å². The lowest BCUT2D eigenvalue weighted by Gasteiger charge is -2.34. The van der Waals surface area contributed by atoms with Crippen LogP contribution >= 0.6 is 0 Å². The van der Waals surface area contributed by atoms with Crippen LogP contribution in [0.15, 0.2) is 30.3 Å². The molecule has 0 N–H and O–H groups in total. The second-order valence-corrected chi connectivity index (χ2v) is 7.67. The number of alkyl halides is 3. The molecule has 0 unspecified atom stereocenters. The number of nitrogens with zero attached hydrogens (tertiary/aromatic N) is 4. The topological polar surface area (TPSA) is 41.4 Å². The molecule has 2 fully saturated rings. The molecule has 0 bridgehead atoms. The minimum absolute atomic E-state index is 0.0685. The van der Waals surface area contributed by atoms with Gasteiger partial charge in [0.1, 0.15) is 12.4 Å². The minimum Gasteiger partial charge on any atom is -0.339 e. The Balaban J connectivity index is 1.34. The van der Waals surface area contributed by atoms with Gasteiger partial charge >= 0.3 is 6.18 Å². The first-order chi connectivity index (χ1) is 13.8. The highest BCUT2D eigenvalue weighted by molar-refractivity contribution is 5.76. The fraction of sp³-hybridized carbons (Fsp3) is 0.500. The van der Waals surface area contributed by atoms with Gasteiger partial charge in [-0.2, -0.15) is 18.3 Å². The smallest absolute Gasteiger partial charge is 0.339 e. The van der Waals surface area contributed by atoms with Crippen molar-refractivity contribution in [2.75, 3.05) is 26.2 Å². The fourth-order valence-electron chi connectivity index (χ4n) is 3.64. The molecule has 1 aromatic heterocycles. The Bertz CT molecular complexity index is 866. The van der Waals surface area contributed by atoms with Gasteiger partial charge in [0.05, 0.1) is 0 Å². The Kier molecular flexibility index (Phi) is 5.33. The summed E-state index contributed by atoms with van der Waals surface area (Å²) in [5.74, 6) is -0.425. The number of hydrogen-bond donors (Lipinski definition) is 0. The lowest BCUT2D eigenvalue weighted by atomic mass is 10.2. The van der Waals surface area contributed by atoms with E-state index in [0.29, 0.717) is 38.4 Å². The highest BCUT2D eigenvalue weighted by Crippen LogP contribution is 2.42. The number of hydrogen-bond acceptors (Lipinski definition) is 3. The van der Waals surface area contributed by atoms with Crippen molar-refractivity contribution in [1.82, 2.24) is 19.6 Å². The average molecular weight is 410 g/mol. The van der Waals surface area contributed by atoms with Crippen LogP contribution in [0.25, 0.3) is 0 Å². The van der Waals surface area contributed by atoms with E-state index in [0.717, 1.165) is 24.5 Å². The molecule has 156 valence electrons. The maximum absolute atomic E-state index is 13.0. The molecule has 1 saturated carbocycles. The second-order valence-electron chi connectivity index (χ2n) is 7.67. The number of carbonyl (C=O) groups excluding carboxylic acids is 1. The van der Waals surface area contributed by atoms with Crippen LogP contribution in [0.4, 0.5) is 17.6 Å². The third-order valence-electron chi connectivity index (χ3n) is 5.43. The summed E-state index contributed by atoms with van der Waals surface area (Å²) in [6.07, 6.45) is -2.84. The van der Waals surface area contributed by atoms with Crippen LogP contribution < -0.4 is 0 Å². The molecule has 0 radical (unpaired) electrons. The van der Waals surface area contributed by atoms with Crippen LogP contribution in [0.3, 0.4) is 0 Å². The van der Waals surface area contributed by atoms with Crippen molar-refractivity contribution < 1.29 is 22.4 Å². The lowest BCUT2D eigenvalue weighted by molar-refractivity contribution is -0.142. The minimum atomic E-state index is -4.51. The van der Waals surface area contributed by atoms with Gasteiger partial charge in [-0.15, -0.1) is 0 Å². The molecule has 1 aliphatic heterocycles. The molecular weight excluding hydrogens is 388 g/mol. The third kappa shape index (κ3) is 4.77. The van der Waals surface area contributed by atoms with Crippen molar-refractivity contribution in [2.45, 2.75) is 38.0 Å². The number of halogens is 4. The van der Waals surface area contributed by atoms with Crippen molar-refractivity contribution in [3.63, 3.8) is 0 Å². The molecule has 1 saturated heterocycles. The molecule has 2 aromatic rings. The van der Waals surface area contributed by atoms with Crippen LogP contribution in [0.1, 0.15) is 35.7 Å². The Hall–Kier alpha value is -2.42. The van der Waals surface area contributed by atoms with Crippen molar-refractivity contribution in [2.24, 2.45) is 0 Å². The summed E-state index contributed by atoms with van der Waals surface area (Å²) in [5.41, 5.74) is 0.563. The van der Waals surface area contributed by atoms with Gasteiger partial charge in [0.2, 0.25) is 5.91 Å². The van der Waals surface area contributed by atoms with Crippen LogP contribution in [0, 0.1) is 5.82 Å². The molecule has 1 aromatic carbocycles. The summed E-state index contributed by atoms with van der Waals surface area (Å²) in [6.45, 7) is 2.83. The van der Waals surface area contributed by atoms with Crippen LogP contribution in [0.5, 0.6) is 0 Å². The van der Waals surface area contributed by atoms with Gasteiger partial charge in [-0.3, -0.25) is 14.4 Å². The van der Waals surface area contributed by atoms with Crippen LogP contribution in [-0.2, 0) is 24.1 Å². The van der Waals surface area contributed by atoms with Crippen LogP contribution in [0.2, 0.25) is 0 Å². The number of aromatic nitrogens is 2. The Morgan fingerprint density at radius 3 is 2.31 bits per heavy atom. The predicted molar refractivity (Wildman–Crippen MR) is 97.5 cm³/mol. The number of rotatable bonds is 5. The Labute approximate surface area is 165 Å². The van der Waals surface area contributed by atoms with Crippen molar-refractivity contribution >= 4 is 5.91 Å². The zero-order chi connectivity index (χ0) is 20.6. The molecule has 5 nitrogen and oxygen atoms in total. The molecule has 1 amide bonds. The first-order valence-corrected chi connectivity index (χ1v) is 9.69. The van der Waals surface area contributed by atoms with Gasteiger partial charge in [0.15, 0.2) is 5.69 Å². The summed E-state index contributed by atoms with van der Waals surface area (Å²) in [4.78, 5) is 16.5. The summed E-state index contributed by atoms with van der Waals surface area (Å²) in [7, 11) is 0. The molecule has 29 heavy (non-hydrogen) atoms. The van der Waals surface area contributed by atoms with E-state index in [-0.39, 0.29) is 24.2 Å². The number of benzene rings is 1. The van der Waals surface area contributed by atoms with Gasteiger partial charge in [-0.05, 0) is 36.6 Å². The standard InChI is InChI=1S/C20H22F4N4O/c21-16-5-1-14(2-6-16)12-26-7-9-27(10-8-26)19(29)13-28-17(15-3-4-15)11-18(25-28)20(22,23)24/h1-2,5-6,11,15H,3-4,7-10,12-13H2. The highest BCUT2D eigenvalue weighted by Gasteiger charge is 2.38. The summed E-state index contributed by atoms with van der Waals surface area (Å²) < 4.78 is 53.2. The number of amides is 1. The molecule has 2 aliphatic rings. The molecule has 0 atom stereocenters. The fourth-order valence-corrected chi connectivity index (χ4v) is 3.64. The molecule has 0 spiro atoms. The van der Waals surface area contributed by atoms with Crippen LogP contribution in [-0.4, -0.2) is 51.7 Å². The lowest BCUT2D eigenvalue weighted by Crippen LogP contribution is -2.49. The predicted octanol–water partition coefficient (Wildman–Crippen LogP) is 3.26. The van der Waals surface area contributed by atoms with E-state index < -0.39 is 11.9 Å². The van der Waals surface area contributed by atoms with E-state index in [1.54, 1.807) is 17.0 Å². The van der Waals surface area contributed by atoms with E-state index >= 15 is 0 Å². The highest BCUT2D eigenvalue weighted by atomic mass is 19.4. The van der Waals surface area contributed by atoms with Crippen molar-refractivity contribution in [3.05, 3.63) is 53.1 Å². The summed E-state index contributed by atoms with van der Waals surface area (Å²) >= 11 is 0. The van der Waals surface area contributed by atoms with Crippen molar-refractivity contribution in [3.8, 4) is 0 Å². The Morgan fingerprint density at radius 2 is 1.72 bits per heavy atom. The normalized spacial score (nSPS) is 18.3. The quantitative estimate of drug-likeness (QED) is 0.711. The summed E-state index contributed by atoms with van der Waals surface area (Å²) in [5, 5.41) is 3.66. The third-order valence-corrected chi connectivity index (χ3v) is 5.43. The Morgan fingerprint density at radius 1 is 1.07 bits per heavy atom. The largest absolute Gasteiger partial charge is 0.435 e. The number of carbonyl (C=O) groups is 1. The monoisotopic (exact) mass is 410 g/mol. The zero-order valence-corrected chi connectivity index (χ0v) is 15.8. The maximum Gasteiger partial charge on any atom is 0.435 e. The van der Waals surface area contributed by atoms with E-state index in [1.807, 2.05) is 0 Å². The van der Waals surface area contributed by atoms with Gasteiger partial charge < -0.3 is 4.90 Å². The first-order valence-electron chi connectivity index (χ1n) is 9.69. The first kappa shape index (κ1) is 19.9. The van der Waals surface area contributed by atoms with E-state index in [9.17, 15) is 22.4 Å². The molecule has 1 aliphatic carbocycles. The van der Waals surface area contributed by atoms with Gasteiger partial charge in [0, 0.05) is 44.3 Å². The van der Waals surface area contributed by atoms with E-state index in [2.05, 4.69) is 10.00 Å². The SMILES string of the molecule is O=C(Cn1nc(C(F)(F)F)cc1C1CC1)N1CCN(Cc2ccc(F)cc2)CC1. The molecule has 2 heterocycles. The number of piperazine rings is 1. The average Bonchev–Trinajstić information content (AvgIpc) is 3.43. The summed E-state index contributed by atoms with van der Waals surface area (Å²) in [6, 6.07) is 7.40. The van der Waals surface area contributed by atoms with Crippen molar-refractivity contribution in [1.29, 1.82) is 0 Å². The zero-order valence-electron chi connectivity index (χ0n) is 15.8. The van der Waals surface area contributed by atoms with Gasteiger partial charge in [-0.1, -0.05) is 12.1 Å².